The number of thiazole rings is 1. The zero-order chi connectivity index (χ0) is 15.4. The molecule has 1 aromatic carbocycles. The molecule has 1 aromatic heterocycles. The van der Waals surface area contributed by atoms with Crippen LogP contribution in [-0.4, -0.2) is 22.7 Å². The average molecular weight is 305 g/mol. The maximum atomic E-state index is 11.3. The highest BCUT2D eigenvalue weighted by molar-refractivity contribution is 7.13. The van der Waals surface area contributed by atoms with Crippen molar-refractivity contribution in [2.45, 2.75) is 33.1 Å². The fourth-order valence-electron chi connectivity index (χ4n) is 1.97. The lowest BCUT2D eigenvalue weighted by atomic mass is 10.1. The Balaban J connectivity index is 2.23. The fourth-order valence-corrected chi connectivity index (χ4v) is 2.89. The van der Waals surface area contributed by atoms with Crippen LogP contribution < -0.4 is 4.74 Å². The maximum absolute atomic E-state index is 11.3. The van der Waals surface area contributed by atoms with Gasteiger partial charge in [0.1, 0.15) is 10.6 Å². The summed E-state index contributed by atoms with van der Waals surface area (Å²) >= 11 is 1.27. The first-order valence-corrected chi connectivity index (χ1v) is 7.77. The number of hydrogen-bond acceptors (Lipinski definition) is 4. The standard InChI is InChI=1S/C16H19NO3S/c1-4-20-12-7-5-11(6-8-12)9-13-14(16(18)19)21-15(17-13)10(2)3/h5-8,10H,4,9H2,1-3H3,(H,18,19). The molecule has 0 bridgehead atoms. The summed E-state index contributed by atoms with van der Waals surface area (Å²) in [5, 5.41) is 10.2. The lowest BCUT2D eigenvalue weighted by molar-refractivity contribution is 0.0701. The molecule has 2 rings (SSSR count). The topological polar surface area (TPSA) is 59.4 Å². The number of benzene rings is 1. The summed E-state index contributed by atoms with van der Waals surface area (Å²) in [5.74, 6) is 0.156. The predicted molar refractivity (Wildman–Crippen MR) is 83.6 cm³/mol. The number of ether oxygens (including phenoxy) is 1. The summed E-state index contributed by atoms with van der Waals surface area (Å²) in [6.45, 7) is 6.61. The third kappa shape index (κ3) is 3.82. The molecule has 4 nitrogen and oxygen atoms in total. The molecule has 5 heteroatoms. The highest BCUT2D eigenvalue weighted by Crippen LogP contribution is 2.27. The summed E-state index contributed by atoms with van der Waals surface area (Å²) in [7, 11) is 0. The van der Waals surface area contributed by atoms with E-state index in [9.17, 15) is 9.90 Å². The van der Waals surface area contributed by atoms with E-state index in [0.29, 0.717) is 23.6 Å². The first kappa shape index (κ1) is 15.5. The monoisotopic (exact) mass is 305 g/mol. The van der Waals surface area contributed by atoms with E-state index >= 15 is 0 Å². The Labute approximate surface area is 128 Å². The maximum Gasteiger partial charge on any atom is 0.347 e. The van der Waals surface area contributed by atoms with Crippen LogP contribution >= 0.6 is 11.3 Å². The first-order valence-electron chi connectivity index (χ1n) is 6.95. The van der Waals surface area contributed by atoms with Crippen molar-refractivity contribution in [1.29, 1.82) is 0 Å². The Morgan fingerprint density at radius 3 is 2.52 bits per heavy atom. The van der Waals surface area contributed by atoms with Crippen molar-refractivity contribution in [3.8, 4) is 5.75 Å². The second kappa shape index (κ2) is 6.72. The van der Waals surface area contributed by atoms with Gasteiger partial charge in [0.2, 0.25) is 0 Å². The molecule has 0 saturated heterocycles. The Morgan fingerprint density at radius 1 is 1.33 bits per heavy atom. The Morgan fingerprint density at radius 2 is 2.00 bits per heavy atom. The van der Waals surface area contributed by atoms with Crippen molar-refractivity contribution in [2.24, 2.45) is 0 Å². The van der Waals surface area contributed by atoms with Crippen LogP contribution in [0.2, 0.25) is 0 Å². The molecule has 0 aliphatic rings. The quantitative estimate of drug-likeness (QED) is 0.877. The van der Waals surface area contributed by atoms with Gasteiger partial charge in [0, 0.05) is 12.3 Å². The van der Waals surface area contributed by atoms with E-state index in [4.69, 9.17) is 4.74 Å². The molecule has 0 unspecified atom stereocenters. The molecule has 0 amide bonds. The Kier molecular flexibility index (Phi) is 4.96. The third-order valence-electron chi connectivity index (χ3n) is 3.01. The van der Waals surface area contributed by atoms with Crippen molar-refractivity contribution in [3.05, 3.63) is 45.4 Å². The van der Waals surface area contributed by atoms with E-state index in [2.05, 4.69) is 4.98 Å². The van der Waals surface area contributed by atoms with E-state index in [1.165, 1.54) is 11.3 Å². The fraction of sp³-hybridized carbons (Fsp3) is 0.375. The molecule has 1 heterocycles. The minimum Gasteiger partial charge on any atom is -0.494 e. The number of aromatic carboxylic acids is 1. The number of carbonyl (C=O) groups is 1. The molecule has 0 radical (unpaired) electrons. The molecule has 0 atom stereocenters. The van der Waals surface area contributed by atoms with Gasteiger partial charge in [0.05, 0.1) is 17.3 Å². The van der Waals surface area contributed by atoms with Crippen LogP contribution in [0.15, 0.2) is 24.3 Å². The van der Waals surface area contributed by atoms with Gasteiger partial charge in [-0.1, -0.05) is 26.0 Å². The van der Waals surface area contributed by atoms with Crippen LogP contribution in [-0.2, 0) is 6.42 Å². The molecule has 0 saturated carbocycles. The lowest BCUT2D eigenvalue weighted by Crippen LogP contribution is -2.00. The van der Waals surface area contributed by atoms with Gasteiger partial charge in [-0.3, -0.25) is 0 Å². The van der Waals surface area contributed by atoms with Crippen molar-refractivity contribution in [2.75, 3.05) is 6.61 Å². The van der Waals surface area contributed by atoms with Gasteiger partial charge in [-0.15, -0.1) is 11.3 Å². The first-order chi connectivity index (χ1) is 10.0. The zero-order valence-corrected chi connectivity index (χ0v) is 13.2. The number of hydrogen-bond donors (Lipinski definition) is 1. The molecular weight excluding hydrogens is 286 g/mol. The summed E-state index contributed by atoms with van der Waals surface area (Å²) in [6, 6.07) is 7.69. The van der Waals surface area contributed by atoms with Crippen LogP contribution in [0, 0.1) is 0 Å². The Hall–Kier alpha value is -1.88. The van der Waals surface area contributed by atoms with Gasteiger partial charge in [-0.05, 0) is 24.6 Å². The van der Waals surface area contributed by atoms with Gasteiger partial charge < -0.3 is 9.84 Å². The second-order valence-electron chi connectivity index (χ2n) is 5.04. The van der Waals surface area contributed by atoms with E-state index in [1.54, 1.807) is 0 Å². The predicted octanol–water partition coefficient (Wildman–Crippen LogP) is 3.95. The number of aromatic nitrogens is 1. The van der Waals surface area contributed by atoms with Crippen molar-refractivity contribution >= 4 is 17.3 Å². The molecule has 1 N–H and O–H groups in total. The molecule has 2 aromatic rings. The van der Waals surface area contributed by atoms with Crippen LogP contribution in [0.1, 0.15) is 52.6 Å². The van der Waals surface area contributed by atoms with Crippen LogP contribution in [0.25, 0.3) is 0 Å². The summed E-state index contributed by atoms with van der Waals surface area (Å²) < 4.78 is 5.40. The zero-order valence-electron chi connectivity index (χ0n) is 12.4. The summed E-state index contributed by atoms with van der Waals surface area (Å²) in [4.78, 5) is 16.2. The van der Waals surface area contributed by atoms with E-state index in [-0.39, 0.29) is 5.92 Å². The molecule has 112 valence electrons. The molecule has 0 spiro atoms. The van der Waals surface area contributed by atoms with Crippen molar-refractivity contribution in [1.82, 2.24) is 4.98 Å². The van der Waals surface area contributed by atoms with Crippen molar-refractivity contribution in [3.63, 3.8) is 0 Å². The van der Waals surface area contributed by atoms with Crippen molar-refractivity contribution < 1.29 is 14.6 Å². The van der Waals surface area contributed by atoms with E-state index < -0.39 is 5.97 Å². The van der Waals surface area contributed by atoms with Gasteiger partial charge in [-0.2, -0.15) is 0 Å². The van der Waals surface area contributed by atoms with Crippen LogP contribution in [0.5, 0.6) is 5.75 Å². The number of rotatable bonds is 6. The van der Waals surface area contributed by atoms with Crippen LogP contribution in [0.4, 0.5) is 0 Å². The Bertz CT molecular complexity index is 617. The smallest absolute Gasteiger partial charge is 0.347 e. The van der Waals surface area contributed by atoms with Gasteiger partial charge in [-0.25, -0.2) is 9.78 Å². The van der Waals surface area contributed by atoms with E-state index in [1.807, 2.05) is 45.0 Å². The number of nitrogens with zero attached hydrogens (tertiary/aromatic N) is 1. The summed E-state index contributed by atoms with van der Waals surface area (Å²) in [5.41, 5.74) is 1.67. The molecule has 0 fully saturated rings. The second-order valence-corrected chi connectivity index (χ2v) is 6.07. The van der Waals surface area contributed by atoms with Gasteiger partial charge >= 0.3 is 5.97 Å². The molecular formula is C16H19NO3S. The van der Waals surface area contributed by atoms with Gasteiger partial charge in [0.15, 0.2) is 0 Å². The normalized spacial score (nSPS) is 10.9. The average Bonchev–Trinajstić information content (AvgIpc) is 2.86. The number of carboxylic acids is 1. The lowest BCUT2D eigenvalue weighted by Gasteiger charge is -2.04. The molecule has 21 heavy (non-hydrogen) atoms. The van der Waals surface area contributed by atoms with Gasteiger partial charge in [0.25, 0.3) is 0 Å². The third-order valence-corrected chi connectivity index (χ3v) is 4.39. The minimum atomic E-state index is -0.902. The number of carboxylic acid groups (broad SMARTS) is 1. The SMILES string of the molecule is CCOc1ccc(Cc2nc(C(C)C)sc2C(=O)O)cc1. The molecule has 0 aliphatic carbocycles. The highest BCUT2D eigenvalue weighted by atomic mass is 32.1. The van der Waals surface area contributed by atoms with Crippen LogP contribution in [0.3, 0.4) is 0 Å². The largest absolute Gasteiger partial charge is 0.494 e. The summed E-state index contributed by atoms with van der Waals surface area (Å²) in [6.07, 6.45) is 0.525. The minimum absolute atomic E-state index is 0.238. The van der Waals surface area contributed by atoms with E-state index in [0.717, 1.165) is 16.3 Å². The highest BCUT2D eigenvalue weighted by Gasteiger charge is 2.18. The molecule has 0 aliphatic heterocycles.